The van der Waals surface area contributed by atoms with E-state index in [1.54, 1.807) is 12.1 Å². The highest BCUT2D eigenvalue weighted by atomic mass is 32.2. The summed E-state index contributed by atoms with van der Waals surface area (Å²) < 4.78 is 25.5. The first kappa shape index (κ1) is 18.7. The zero-order valence-corrected chi connectivity index (χ0v) is 16.7. The normalized spacial score (nSPS) is 17.5. The number of carbonyl (C=O) groups excluding carboxylic acids is 1. The second-order valence-electron chi connectivity index (χ2n) is 7.34. The molecule has 6 nitrogen and oxygen atoms in total. The molecule has 1 aliphatic heterocycles. The van der Waals surface area contributed by atoms with Crippen molar-refractivity contribution in [2.75, 3.05) is 27.2 Å². The van der Waals surface area contributed by atoms with Crippen LogP contribution in [-0.2, 0) is 10.0 Å². The van der Waals surface area contributed by atoms with Gasteiger partial charge in [-0.15, -0.1) is 0 Å². The van der Waals surface area contributed by atoms with Gasteiger partial charge in [0, 0.05) is 55.8 Å². The van der Waals surface area contributed by atoms with E-state index < -0.39 is 10.0 Å². The maximum absolute atomic E-state index is 12.9. The van der Waals surface area contributed by atoms with Gasteiger partial charge in [-0.05, 0) is 42.3 Å². The monoisotopic (exact) mass is 397 g/mol. The fourth-order valence-corrected chi connectivity index (χ4v) is 4.69. The molecule has 0 spiro atoms. The predicted molar refractivity (Wildman–Crippen MR) is 109 cm³/mol. The highest BCUT2D eigenvalue weighted by Crippen LogP contribution is 2.33. The Labute approximate surface area is 164 Å². The van der Waals surface area contributed by atoms with Crippen LogP contribution in [0.3, 0.4) is 0 Å². The summed E-state index contributed by atoms with van der Waals surface area (Å²) >= 11 is 0. The summed E-state index contributed by atoms with van der Waals surface area (Å²) in [6.07, 6.45) is 2.96. The summed E-state index contributed by atoms with van der Waals surface area (Å²) in [6.45, 7) is 1.36. The Kier molecular flexibility index (Phi) is 4.72. The Balaban J connectivity index is 1.51. The van der Waals surface area contributed by atoms with Gasteiger partial charge < -0.3 is 9.88 Å². The number of likely N-dealkylation sites (tertiary alicyclic amines) is 1. The van der Waals surface area contributed by atoms with Crippen LogP contribution in [0, 0.1) is 0 Å². The van der Waals surface area contributed by atoms with Crippen molar-refractivity contribution in [3.63, 3.8) is 0 Å². The van der Waals surface area contributed by atoms with Crippen molar-refractivity contribution in [2.45, 2.75) is 17.2 Å². The van der Waals surface area contributed by atoms with Crippen LogP contribution in [0.25, 0.3) is 10.9 Å². The van der Waals surface area contributed by atoms with E-state index in [0.29, 0.717) is 24.6 Å². The number of rotatable bonds is 4. The summed E-state index contributed by atoms with van der Waals surface area (Å²) in [5, 5.41) is 1.21. The van der Waals surface area contributed by atoms with Crippen molar-refractivity contribution in [3.8, 4) is 0 Å². The number of sulfonamides is 1. The zero-order valence-electron chi connectivity index (χ0n) is 15.9. The number of benzene rings is 2. The van der Waals surface area contributed by atoms with Crippen LogP contribution in [0.4, 0.5) is 0 Å². The smallest absolute Gasteiger partial charge is 0.253 e. The molecule has 7 heteroatoms. The van der Waals surface area contributed by atoms with Gasteiger partial charge in [-0.25, -0.2) is 12.7 Å². The summed E-state index contributed by atoms with van der Waals surface area (Å²) in [5.74, 6) is 0.240. The molecule has 3 aromatic rings. The highest BCUT2D eigenvalue weighted by molar-refractivity contribution is 7.89. The van der Waals surface area contributed by atoms with Crippen molar-refractivity contribution in [2.24, 2.45) is 0 Å². The molecule has 146 valence electrons. The molecule has 1 atom stereocenters. The minimum absolute atomic E-state index is 0.0591. The SMILES string of the molecule is CN(C)S(=O)(=O)c1ccc(C(=O)N2CCC(c3c[nH]c4ccccc34)C2)cc1. The molecular weight excluding hydrogens is 374 g/mol. The minimum Gasteiger partial charge on any atom is -0.361 e. The predicted octanol–water partition coefficient (Wildman–Crippen LogP) is 3.05. The summed E-state index contributed by atoms with van der Waals surface area (Å²) in [7, 11) is -0.513. The number of nitrogens with zero attached hydrogens (tertiary/aromatic N) is 2. The summed E-state index contributed by atoms with van der Waals surface area (Å²) in [4.78, 5) is 18.2. The number of fused-ring (bicyclic) bond motifs is 1. The topological polar surface area (TPSA) is 73.5 Å². The van der Waals surface area contributed by atoms with E-state index in [9.17, 15) is 13.2 Å². The highest BCUT2D eigenvalue weighted by Gasteiger charge is 2.29. The fourth-order valence-electron chi connectivity index (χ4n) is 3.79. The van der Waals surface area contributed by atoms with Crippen LogP contribution in [0.2, 0.25) is 0 Å². The molecule has 0 radical (unpaired) electrons. The van der Waals surface area contributed by atoms with Crippen LogP contribution in [0.1, 0.15) is 28.3 Å². The van der Waals surface area contributed by atoms with E-state index in [1.165, 1.54) is 37.2 Å². The molecule has 1 saturated heterocycles. The van der Waals surface area contributed by atoms with Gasteiger partial charge in [0.25, 0.3) is 5.91 Å². The summed E-state index contributed by atoms with van der Waals surface area (Å²) in [5.41, 5.74) is 2.87. The van der Waals surface area contributed by atoms with Crippen molar-refractivity contribution in [3.05, 3.63) is 65.9 Å². The van der Waals surface area contributed by atoms with E-state index in [1.807, 2.05) is 23.2 Å². The Morgan fingerprint density at radius 1 is 1.11 bits per heavy atom. The Morgan fingerprint density at radius 3 is 2.54 bits per heavy atom. The van der Waals surface area contributed by atoms with E-state index in [2.05, 4.69) is 17.1 Å². The molecule has 1 fully saturated rings. The van der Waals surface area contributed by atoms with E-state index in [4.69, 9.17) is 0 Å². The molecule has 0 bridgehead atoms. The lowest BCUT2D eigenvalue weighted by molar-refractivity contribution is 0.0790. The number of H-pyrrole nitrogens is 1. The molecule has 1 amide bonds. The van der Waals surface area contributed by atoms with Crippen LogP contribution < -0.4 is 0 Å². The Hall–Kier alpha value is -2.64. The lowest BCUT2D eigenvalue weighted by atomic mass is 9.98. The molecule has 4 rings (SSSR count). The molecule has 2 aromatic carbocycles. The number of nitrogens with one attached hydrogen (secondary N) is 1. The van der Waals surface area contributed by atoms with Crippen LogP contribution >= 0.6 is 0 Å². The van der Waals surface area contributed by atoms with Gasteiger partial charge in [0.2, 0.25) is 10.0 Å². The van der Waals surface area contributed by atoms with Gasteiger partial charge in [0.15, 0.2) is 0 Å². The first-order chi connectivity index (χ1) is 13.4. The average molecular weight is 398 g/mol. The molecule has 2 heterocycles. The van der Waals surface area contributed by atoms with Crippen molar-refractivity contribution < 1.29 is 13.2 Å². The Morgan fingerprint density at radius 2 is 1.82 bits per heavy atom. The first-order valence-electron chi connectivity index (χ1n) is 9.26. The second kappa shape index (κ2) is 7.07. The largest absolute Gasteiger partial charge is 0.361 e. The summed E-state index contributed by atoms with van der Waals surface area (Å²) in [6, 6.07) is 14.4. The van der Waals surface area contributed by atoms with E-state index >= 15 is 0 Å². The number of aromatic amines is 1. The van der Waals surface area contributed by atoms with Gasteiger partial charge in [-0.2, -0.15) is 0 Å². The number of hydrogen-bond donors (Lipinski definition) is 1. The van der Waals surface area contributed by atoms with Crippen molar-refractivity contribution in [1.29, 1.82) is 0 Å². The maximum atomic E-state index is 12.9. The van der Waals surface area contributed by atoms with Crippen molar-refractivity contribution in [1.82, 2.24) is 14.2 Å². The number of hydrogen-bond acceptors (Lipinski definition) is 3. The van der Waals surface area contributed by atoms with E-state index in [-0.39, 0.29) is 10.8 Å². The maximum Gasteiger partial charge on any atom is 0.253 e. The molecule has 0 aliphatic carbocycles. The quantitative estimate of drug-likeness (QED) is 0.735. The molecular formula is C21H23N3O3S. The number of amides is 1. The third-order valence-corrected chi connectivity index (χ3v) is 7.25. The van der Waals surface area contributed by atoms with Crippen LogP contribution in [0.5, 0.6) is 0 Å². The van der Waals surface area contributed by atoms with Gasteiger partial charge in [0.05, 0.1) is 4.90 Å². The zero-order chi connectivity index (χ0) is 19.9. The Bertz CT molecular complexity index is 1120. The van der Waals surface area contributed by atoms with Crippen LogP contribution in [0.15, 0.2) is 59.6 Å². The first-order valence-corrected chi connectivity index (χ1v) is 10.7. The molecule has 1 unspecified atom stereocenters. The number of para-hydroxylation sites is 1. The van der Waals surface area contributed by atoms with Gasteiger partial charge in [-0.3, -0.25) is 4.79 Å². The third kappa shape index (κ3) is 3.21. The molecule has 0 saturated carbocycles. The number of aromatic nitrogens is 1. The van der Waals surface area contributed by atoms with Gasteiger partial charge >= 0.3 is 0 Å². The molecule has 1 aromatic heterocycles. The minimum atomic E-state index is -3.49. The van der Waals surface area contributed by atoms with Crippen LogP contribution in [-0.4, -0.2) is 55.7 Å². The fraction of sp³-hybridized carbons (Fsp3) is 0.286. The third-order valence-electron chi connectivity index (χ3n) is 5.42. The number of carbonyl (C=O) groups is 1. The lowest BCUT2D eigenvalue weighted by Crippen LogP contribution is -2.28. The lowest BCUT2D eigenvalue weighted by Gasteiger charge is -2.17. The average Bonchev–Trinajstić information content (AvgIpc) is 3.34. The molecule has 28 heavy (non-hydrogen) atoms. The van der Waals surface area contributed by atoms with E-state index in [0.717, 1.165) is 16.2 Å². The molecule has 1 N–H and O–H groups in total. The van der Waals surface area contributed by atoms with Crippen molar-refractivity contribution >= 4 is 26.8 Å². The second-order valence-corrected chi connectivity index (χ2v) is 9.49. The standard InChI is InChI=1S/C21H23N3O3S/c1-23(2)28(26,27)17-9-7-15(8-10-17)21(25)24-12-11-16(14-24)19-13-22-20-6-4-3-5-18(19)20/h3-10,13,16,22H,11-12,14H2,1-2H3. The molecule has 1 aliphatic rings. The van der Waals surface area contributed by atoms with Gasteiger partial charge in [0.1, 0.15) is 0 Å². The van der Waals surface area contributed by atoms with Gasteiger partial charge in [-0.1, -0.05) is 18.2 Å².